The van der Waals surface area contributed by atoms with Crippen LogP contribution in [0.2, 0.25) is 0 Å². The van der Waals surface area contributed by atoms with Gasteiger partial charge in [0.25, 0.3) is 0 Å². The van der Waals surface area contributed by atoms with Crippen LogP contribution >= 0.6 is 11.3 Å². The summed E-state index contributed by atoms with van der Waals surface area (Å²) in [6.07, 6.45) is 4.53. The van der Waals surface area contributed by atoms with Crippen LogP contribution in [0, 0.1) is 0 Å². The summed E-state index contributed by atoms with van der Waals surface area (Å²) in [4.78, 5) is 21.1. The highest BCUT2D eigenvalue weighted by Crippen LogP contribution is 2.21. The highest BCUT2D eigenvalue weighted by molar-refractivity contribution is 7.10. The van der Waals surface area contributed by atoms with Crippen molar-refractivity contribution in [2.45, 2.75) is 6.04 Å². The minimum Gasteiger partial charge on any atom is -0.321 e. The van der Waals surface area contributed by atoms with Crippen molar-refractivity contribution in [2.75, 3.05) is 5.32 Å². The summed E-state index contributed by atoms with van der Waals surface area (Å²) in [6.45, 7) is 0. The highest BCUT2D eigenvalue weighted by atomic mass is 32.1. The van der Waals surface area contributed by atoms with Gasteiger partial charge in [-0.05, 0) is 23.6 Å². The first kappa shape index (κ1) is 13.4. The molecule has 8 heteroatoms. The summed E-state index contributed by atoms with van der Waals surface area (Å²) >= 11 is 1.44. The summed E-state index contributed by atoms with van der Waals surface area (Å²) in [5.41, 5.74) is 6.47. The largest absolute Gasteiger partial charge is 0.321 e. The van der Waals surface area contributed by atoms with Crippen LogP contribution in [0.15, 0.2) is 48.5 Å². The van der Waals surface area contributed by atoms with Crippen molar-refractivity contribution in [1.82, 2.24) is 19.7 Å². The molecule has 3 N–H and O–H groups in total. The second-order valence-electron chi connectivity index (χ2n) is 4.20. The molecule has 106 valence electrons. The Hall–Kier alpha value is -2.58. The number of pyridine rings is 1. The lowest BCUT2D eigenvalue weighted by Gasteiger charge is -2.13. The Kier molecular flexibility index (Phi) is 3.71. The zero-order chi connectivity index (χ0) is 14.7. The van der Waals surface area contributed by atoms with Crippen molar-refractivity contribution < 1.29 is 4.79 Å². The van der Waals surface area contributed by atoms with E-state index >= 15 is 0 Å². The lowest BCUT2D eigenvalue weighted by Crippen LogP contribution is -2.27. The molecule has 0 aliphatic rings. The molecule has 0 saturated heterocycles. The molecule has 1 unspecified atom stereocenters. The molecule has 0 bridgehead atoms. The zero-order valence-electron chi connectivity index (χ0n) is 10.9. The molecule has 0 aliphatic carbocycles. The van der Waals surface area contributed by atoms with Crippen molar-refractivity contribution in [3.8, 4) is 5.82 Å². The molecule has 21 heavy (non-hydrogen) atoms. The molecule has 0 fully saturated rings. The van der Waals surface area contributed by atoms with E-state index in [0.29, 0.717) is 11.5 Å². The monoisotopic (exact) mass is 300 g/mol. The van der Waals surface area contributed by atoms with Crippen LogP contribution in [0.1, 0.15) is 10.9 Å². The van der Waals surface area contributed by atoms with Crippen molar-refractivity contribution in [3.63, 3.8) is 0 Å². The van der Waals surface area contributed by atoms with Gasteiger partial charge in [-0.15, -0.1) is 11.3 Å². The van der Waals surface area contributed by atoms with Crippen LogP contribution < -0.4 is 11.1 Å². The molecule has 0 radical (unpaired) electrons. The fourth-order valence-electron chi connectivity index (χ4n) is 1.80. The highest BCUT2D eigenvalue weighted by Gasteiger charge is 2.18. The molecular formula is C13H12N6OS. The number of amides is 1. The van der Waals surface area contributed by atoms with Crippen molar-refractivity contribution in [2.24, 2.45) is 5.73 Å². The lowest BCUT2D eigenvalue weighted by atomic mass is 10.2. The van der Waals surface area contributed by atoms with E-state index in [4.69, 9.17) is 5.73 Å². The van der Waals surface area contributed by atoms with Gasteiger partial charge in [0.2, 0.25) is 5.91 Å². The molecule has 0 saturated carbocycles. The van der Waals surface area contributed by atoms with E-state index in [1.807, 2.05) is 17.5 Å². The second kappa shape index (κ2) is 5.81. The van der Waals surface area contributed by atoms with Gasteiger partial charge in [-0.1, -0.05) is 6.07 Å². The quantitative estimate of drug-likeness (QED) is 0.758. The molecule has 0 aromatic carbocycles. The van der Waals surface area contributed by atoms with Crippen LogP contribution in [0.3, 0.4) is 0 Å². The molecule has 0 aliphatic heterocycles. The lowest BCUT2D eigenvalue weighted by molar-refractivity contribution is -0.117. The minimum atomic E-state index is -0.714. The SMILES string of the molecule is NC(C(=O)Nc1cccnc1-n1cncn1)c1cccs1. The molecule has 7 nitrogen and oxygen atoms in total. The summed E-state index contributed by atoms with van der Waals surface area (Å²) < 4.78 is 1.48. The Labute approximate surface area is 124 Å². The predicted octanol–water partition coefficient (Wildman–Crippen LogP) is 1.36. The average molecular weight is 300 g/mol. The van der Waals surface area contributed by atoms with Crippen molar-refractivity contribution in [3.05, 3.63) is 53.4 Å². The molecular weight excluding hydrogens is 288 g/mol. The number of rotatable bonds is 4. The fraction of sp³-hybridized carbons (Fsp3) is 0.0769. The topological polar surface area (TPSA) is 98.7 Å². The Morgan fingerprint density at radius 3 is 3.00 bits per heavy atom. The Morgan fingerprint density at radius 2 is 2.29 bits per heavy atom. The van der Waals surface area contributed by atoms with Crippen LogP contribution in [0.25, 0.3) is 5.82 Å². The molecule has 3 rings (SSSR count). The number of aromatic nitrogens is 4. The third kappa shape index (κ3) is 2.81. The number of thiophene rings is 1. The van der Waals surface area contributed by atoms with Gasteiger partial charge in [-0.3, -0.25) is 4.79 Å². The van der Waals surface area contributed by atoms with Crippen molar-refractivity contribution in [1.29, 1.82) is 0 Å². The van der Waals surface area contributed by atoms with E-state index in [9.17, 15) is 4.79 Å². The average Bonchev–Trinajstić information content (AvgIpc) is 3.20. The third-order valence-corrected chi connectivity index (χ3v) is 3.77. The van der Waals surface area contributed by atoms with Crippen LogP contribution in [-0.4, -0.2) is 25.7 Å². The van der Waals surface area contributed by atoms with E-state index < -0.39 is 6.04 Å². The summed E-state index contributed by atoms with van der Waals surface area (Å²) in [6, 6.07) is 6.44. The zero-order valence-corrected chi connectivity index (χ0v) is 11.7. The first-order valence-electron chi connectivity index (χ1n) is 6.15. The first-order valence-corrected chi connectivity index (χ1v) is 7.03. The number of hydrogen-bond acceptors (Lipinski definition) is 6. The summed E-state index contributed by atoms with van der Waals surface area (Å²) in [5.74, 6) is 0.188. The number of nitrogens with one attached hydrogen (secondary N) is 1. The number of hydrogen-bond donors (Lipinski definition) is 2. The predicted molar refractivity (Wildman–Crippen MR) is 79.0 cm³/mol. The van der Waals surface area contributed by atoms with Gasteiger partial charge in [-0.2, -0.15) is 5.10 Å². The Balaban J connectivity index is 1.84. The maximum absolute atomic E-state index is 12.2. The number of carbonyl (C=O) groups is 1. The fourth-order valence-corrected chi connectivity index (χ4v) is 2.53. The number of nitrogens with zero attached hydrogens (tertiary/aromatic N) is 4. The van der Waals surface area contributed by atoms with Gasteiger partial charge in [0.05, 0.1) is 5.69 Å². The molecule has 1 amide bonds. The van der Waals surface area contributed by atoms with E-state index in [-0.39, 0.29) is 5.91 Å². The summed E-state index contributed by atoms with van der Waals surface area (Å²) in [5, 5.41) is 8.67. The molecule has 3 heterocycles. The second-order valence-corrected chi connectivity index (χ2v) is 5.18. The summed E-state index contributed by atoms with van der Waals surface area (Å²) in [7, 11) is 0. The Bertz CT molecular complexity index is 725. The van der Waals surface area contributed by atoms with E-state index in [1.54, 1.807) is 18.3 Å². The maximum Gasteiger partial charge on any atom is 0.246 e. The van der Waals surface area contributed by atoms with Crippen molar-refractivity contribution >= 4 is 22.9 Å². The van der Waals surface area contributed by atoms with Gasteiger partial charge in [0.1, 0.15) is 18.7 Å². The third-order valence-electron chi connectivity index (χ3n) is 2.81. The number of anilines is 1. The molecule has 1 atom stereocenters. The number of carbonyl (C=O) groups excluding carboxylic acids is 1. The minimum absolute atomic E-state index is 0.299. The molecule has 0 spiro atoms. The normalized spacial score (nSPS) is 12.0. The molecule has 3 aromatic rings. The van der Waals surface area contributed by atoms with Gasteiger partial charge in [-0.25, -0.2) is 14.6 Å². The van der Waals surface area contributed by atoms with E-state index in [0.717, 1.165) is 4.88 Å². The number of nitrogens with two attached hydrogens (primary N) is 1. The van der Waals surface area contributed by atoms with Crippen LogP contribution in [0.5, 0.6) is 0 Å². The maximum atomic E-state index is 12.2. The standard InChI is InChI=1S/C13H12N6OS/c14-11(10-4-2-6-21-10)13(20)18-9-3-1-5-16-12(9)19-8-15-7-17-19/h1-8,11H,14H2,(H,18,20). The Morgan fingerprint density at radius 1 is 1.38 bits per heavy atom. The van der Waals surface area contributed by atoms with Gasteiger partial charge >= 0.3 is 0 Å². The molecule has 3 aromatic heterocycles. The first-order chi connectivity index (χ1) is 10.3. The smallest absolute Gasteiger partial charge is 0.246 e. The van der Waals surface area contributed by atoms with Gasteiger partial charge in [0, 0.05) is 11.1 Å². The van der Waals surface area contributed by atoms with E-state index in [1.165, 1.54) is 28.7 Å². The van der Waals surface area contributed by atoms with Crippen LogP contribution in [0.4, 0.5) is 5.69 Å². The van der Waals surface area contributed by atoms with E-state index in [2.05, 4.69) is 20.4 Å². The van der Waals surface area contributed by atoms with Gasteiger partial charge in [0.15, 0.2) is 5.82 Å². The van der Waals surface area contributed by atoms with Gasteiger partial charge < -0.3 is 11.1 Å². The van der Waals surface area contributed by atoms with Crippen LogP contribution in [-0.2, 0) is 4.79 Å².